The maximum Gasteiger partial charge on any atom is 0.108 e. The Morgan fingerprint density at radius 2 is 1.81 bits per heavy atom. The number of aromatic nitrogens is 1. The van der Waals surface area contributed by atoms with Crippen molar-refractivity contribution in [2.75, 3.05) is 0 Å². The van der Waals surface area contributed by atoms with Crippen molar-refractivity contribution in [1.82, 2.24) is 4.98 Å². The predicted octanol–water partition coefficient (Wildman–Crippen LogP) is 6.70. The first kappa shape index (κ1) is 27.4. The lowest BCUT2D eigenvalue weighted by atomic mass is 9.42. The van der Waals surface area contributed by atoms with Crippen molar-refractivity contribution in [3.05, 3.63) is 64.4 Å². The smallest absolute Gasteiger partial charge is 0.108 e. The zero-order chi connectivity index (χ0) is 29.8. The van der Waals surface area contributed by atoms with E-state index in [1.807, 2.05) is 13.0 Å². The lowest BCUT2D eigenvalue weighted by Crippen LogP contribution is -2.67. The molecule has 6 aliphatic rings. The number of H-pyrrole nitrogens is 1. The number of nitrogens with one attached hydrogen (secondary N) is 1. The van der Waals surface area contributed by atoms with Gasteiger partial charge in [0.05, 0.1) is 22.9 Å². The van der Waals surface area contributed by atoms with Crippen LogP contribution in [0, 0.1) is 17.3 Å². The summed E-state index contributed by atoms with van der Waals surface area (Å²) in [5, 5.41) is 25.1. The first-order valence-corrected chi connectivity index (χ1v) is 16.1. The summed E-state index contributed by atoms with van der Waals surface area (Å²) in [5.41, 5.74) is 7.81. The highest BCUT2D eigenvalue weighted by atomic mass is 16.5. The molecule has 1 aromatic heterocycles. The Kier molecular flexibility index (Phi) is 5.28. The molecule has 0 saturated heterocycles. The molecule has 4 aliphatic carbocycles. The number of rotatable bonds is 1. The number of hydrogen-bond acceptors (Lipinski definition) is 4. The maximum absolute atomic E-state index is 12.7. The second-order valence-corrected chi connectivity index (χ2v) is 16.1. The van der Waals surface area contributed by atoms with Crippen molar-refractivity contribution in [3.8, 4) is 0 Å². The van der Waals surface area contributed by atoms with Crippen LogP contribution in [0.2, 0.25) is 0 Å². The van der Waals surface area contributed by atoms with Crippen molar-refractivity contribution in [1.29, 1.82) is 0 Å². The molecular formula is C37H47NO4. The molecule has 5 heteroatoms. The fraction of sp³-hybridized carbons (Fsp3) is 0.622. The molecule has 0 spiro atoms. The summed E-state index contributed by atoms with van der Waals surface area (Å²) < 4.78 is 12.9. The molecule has 2 fully saturated rings. The minimum absolute atomic E-state index is 0.172. The number of fused-ring (bicyclic) bond motifs is 12. The Bertz CT molecular complexity index is 1620. The van der Waals surface area contributed by atoms with Crippen molar-refractivity contribution in [2.45, 2.75) is 128 Å². The third kappa shape index (κ3) is 3.19. The molecule has 2 aromatic rings. The molecular weight excluding hydrogens is 522 g/mol. The first-order chi connectivity index (χ1) is 19.6. The average molecular weight is 570 g/mol. The van der Waals surface area contributed by atoms with Crippen molar-refractivity contribution >= 4 is 16.5 Å². The van der Waals surface area contributed by atoms with E-state index in [2.05, 4.69) is 71.3 Å². The summed E-state index contributed by atoms with van der Waals surface area (Å²) in [6.07, 6.45) is 8.35. The van der Waals surface area contributed by atoms with Crippen molar-refractivity contribution in [2.24, 2.45) is 17.3 Å². The van der Waals surface area contributed by atoms with E-state index in [1.54, 1.807) is 0 Å². The number of hydrogen-bond donors (Lipinski definition) is 3. The van der Waals surface area contributed by atoms with Crippen molar-refractivity contribution < 1.29 is 19.7 Å². The molecule has 3 N–H and O–H groups in total. The van der Waals surface area contributed by atoms with E-state index in [-0.39, 0.29) is 28.1 Å². The lowest BCUT2D eigenvalue weighted by Gasteiger charge is -2.65. The van der Waals surface area contributed by atoms with Crippen LogP contribution in [0.25, 0.3) is 16.5 Å². The van der Waals surface area contributed by atoms with Crippen LogP contribution in [0.5, 0.6) is 0 Å². The summed E-state index contributed by atoms with van der Waals surface area (Å²) in [6.45, 7) is 19.5. The first-order valence-electron chi connectivity index (χ1n) is 16.1. The van der Waals surface area contributed by atoms with Gasteiger partial charge in [0.15, 0.2) is 0 Å². The van der Waals surface area contributed by atoms with E-state index in [9.17, 15) is 10.2 Å². The van der Waals surface area contributed by atoms with Gasteiger partial charge in [-0.3, -0.25) is 0 Å². The van der Waals surface area contributed by atoms with Crippen molar-refractivity contribution in [3.63, 3.8) is 0 Å². The topological polar surface area (TPSA) is 74.7 Å². The fourth-order valence-electron chi connectivity index (χ4n) is 10.9. The van der Waals surface area contributed by atoms with E-state index in [4.69, 9.17) is 9.47 Å². The van der Waals surface area contributed by atoms with Gasteiger partial charge in [-0.2, -0.15) is 0 Å². The average Bonchev–Trinajstić information content (AvgIpc) is 3.52. The SMILES string of the molecule is C=C(C)[C@H]1O[C@H]2CC[C@@]3(C)[C@@](O)(CC[C@H]4Cc5c([nH]c6cc7c(cc56)C[C@@H]5C7=CC(C)(C)OC5(C)C)[C@@]43C)C2=C[C@H]1O. The predicted molar refractivity (Wildman–Crippen MR) is 166 cm³/mol. The van der Waals surface area contributed by atoms with E-state index >= 15 is 0 Å². The highest BCUT2D eigenvalue weighted by molar-refractivity contribution is 5.92. The molecule has 1 aromatic carbocycles. The van der Waals surface area contributed by atoms with E-state index in [0.717, 1.165) is 43.3 Å². The van der Waals surface area contributed by atoms with Crippen LogP contribution in [0.1, 0.15) is 96.5 Å². The Hall–Kier alpha value is -2.18. The van der Waals surface area contributed by atoms with Gasteiger partial charge in [-0.05, 0) is 137 Å². The molecule has 8 atom stereocenters. The van der Waals surface area contributed by atoms with Gasteiger partial charge in [-0.25, -0.2) is 0 Å². The largest absolute Gasteiger partial charge is 0.386 e. The third-order valence-corrected chi connectivity index (χ3v) is 13.0. The van der Waals surface area contributed by atoms with Crippen LogP contribution in [-0.2, 0) is 27.7 Å². The minimum Gasteiger partial charge on any atom is -0.386 e. The molecule has 224 valence electrons. The Labute approximate surface area is 250 Å². The van der Waals surface area contributed by atoms with Crippen LogP contribution >= 0.6 is 0 Å². The van der Waals surface area contributed by atoms with Crippen LogP contribution in [0.4, 0.5) is 0 Å². The highest BCUT2D eigenvalue weighted by Gasteiger charge is 2.70. The molecule has 0 radical (unpaired) electrons. The second kappa shape index (κ2) is 8.10. The number of aromatic amines is 1. The van der Waals surface area contributed by atoms with Gasteiger partial charge < -0.3 is 24.7 Å². The molecule has 2 aliphatic heterocycles. The van der Waals surface area contributed by atoms with Gasteiger partial charge >= 0.3 is 0 Å². The van der Waals surface area contributed by atoms with Crippen LogP contribution in [-0.4, -0.2) is 50.3 Å². The summed E-state index contributed by atoms with van der Waals surface area (Å²) in [4.78, 5) is 3.98. The summed E-state index contributed by atoms with van der Waals surface area (Å²) in [6, 6.07) is 4.88. The standard InChI is InChI=1S/C37H47NO4/c1-19(2)31-29(39)17-27-30(41-31)10-11-35(7)36(8)21(9-12-37(27,35)40)15-24-23-13-20-14-26-25(18-33(3,4)42-34(26,5)6)22(20)16-28(23)38-32(24)36/h13,16-18,21,26,29-31,38-40H,1,9-12,14-15H2,2-8H3/t21-,26+,29+,30-,31+,35+,36+,37+/m0/s1. The molecule has 0 amide bonds. The molecule has 0 bridgehead atoms. The summed E-state index contributed by atoms with van der Waals surface area (Å²) >= 11 is 0. The van der Waals surface area contributed by atoms with Crippen LogP contribution in [0.3, 0.4) is 0 Å². The van der Waals surface area contributed by atoms with Crippen LogP contribution < -0.4 is 0 Å². The molecule has 3 heterocycles. The minimum atomic E-state index is -1.03. The van der Waals surface area contributed by atoms with Gasteiger partial charge in [0.1, 0.15) is 12.2 Å². The van der Waals surface area contributed by atoms with E-state index in [0.29, 0.717) is 18.3 Å². The molecule has 2 saturated carbocycles. The highest BCUT2D eigenvalue weighted by Crippen LogP contribution is 2.69. The quantitative estimate of drug-likeness (QED) is 0.334. The zero-order valence-corrected chi connectivity index (χ0v) is 26.4. The number of aliphatic hydroxyl groups is 2. The summed E-state index contributed by atoms with van der Waals surface area (Å²) in [5.74, 6) is 0.838. The van der Waals surface area contributed by atoms with Gasteiger partial charge in [0.25, 0.3) is 0 Å². The van der Waals surface area contributed by atoms with E-state index in [1.165, 1.54) is 38.9 Å². The van der Waals surface area contributed by atoms with Gasteiger partial charge in [-0.1, -0.05) is 20.4 Å². The molecule has 5 nitrogen and oxygen atoms in total. The normalized spacial score (nSPS) is 42.5. The van der Waals surface area contributed by atoms with Gasteiger partial charge in [-0.15, -0.1) is 0 Å². The Morgan fingerprint density at radius 3 is 2.55 bits per heavy atom. The molecule has 42 heavy (non-hydrogen) atoms. The van der Waals surface area contributed by atoms with E-state index < -0.39 is 17.8 Å². The fourth-order valence-corrected chi connectivity index (χ4v) is 10.9. The second-order valence-electron chi connectivity index (χ2n) is 16.1. The molecule has 8 rings (SSSR count). The van der Waals surface area contributed by atoms with Gasteiger partial charge in [0.2, 0.25) is 0 Å². The summed E-state index contributed by atoms with van der Waals surface area (Å²) in [7, 11) is 0. The zero-order valence-electron chi connectivity index (χ0n) is 26.4. The van der Waals surface area contributed by atoms with Crippen LogP contribution in [0.15, 0.2) is 42.0 Å². The molecule has 0 unspecified atom stereocenters. The third-order valence-electron chi connectivity index (χ3n) is 13.0. The number of benzene rings is 1. The monoisotopic (exact) mass is 569 g/mol. The van der Waals surface area contributed by atoms with Gasteiger partial charge in [0, 0.05) is 33.3 Å². The Morgan fingerprint density at radius 1 is 1.05 bits per heavy atom. The Balaban J connectivity index is 1.24. The lowest BCUT2D eigenvalue weighted by molar-refractivity contribution is -0.185. The number of aliphatic hydroxyl groups excluding tert-OH is 1. The number of ether oxygens (including phenoxy) is 2. The maximum atomic E-state index is 12.7.